The summed E-state index contributed by atoms with van der Waals surface area (Å²) >= 11 is 3.49. The van der Waals surface area contributed by atoms with Crippen molar-refractivity contribution in [2.45, 2.75) is 26.8 Å². The molecule has 0 atom stereocenters. The summed E-state index contributed by atoms with van der Waals surface area (Å²) in [4.78, 5) is 20.3. The van der Waals surface area contributed by atoms with E-state index >= 15 is 0 Å². The lowest BCUT2D eigenvalue weighted by molar-refractivity contribution is 0.0730. The van der Waals surface area contributed by atoms with Crippen molar-refractivity contribution in [2.24, 2.45) is 5.92 Å². The van der Waals surface area contributed by atoms with Crippen LogP contribution in [0.15, 0.2) is 83.3 Å². The van der Waals surface area contributed by atoms with E-state index < -0.39 is 0 Å². The first-order chi connectivity index (χ1) is 15.0. The third kappa shape index (κ3) is 4.88. The maximum Gasteiger partial charge on any atom is 0.254 e. The SMILES string of the molecule is CC(C)CCN(Cc1nc2ccccc2n1-c1ccccc1)C(=O)c1cccc(Br)c1. The largest absolute Gasteiger partial charge is 0.331 e. The van der Waals surface area contributed by atoms with Gasteiger partial charge in [-0.25, -0.2) is 4.98 Å². The smallest absolute Gasteiger partial charge is 0.254 e. The van der Waals surface area contributed by atoms with Crippen molar-refractivity contribution in [3.05, 3.63) is 94.7 Å². The number of imidazole rings is 1. The van der Waals surface area contributed by atoms with Crippen LogP contribution in [0.25, 0.3) is 16.7 Å². The van der Waals surface area contributed by atoms with Crippen molar-refractivity contribution in [1.29, 1.82) is 0 Å². The van der Waals surface area contributed by atoms with Crippen LogP contribution >= 0.6 is 15.9 Å². The summed E-state index contributed by atoms with van der Waals surface area (Å²) in [5.74, 6) is 1.39. The van der Waals surface area contributed by atoms with Crippen LogP contribution in [0.5, 0.6) is 0 Å². The topological polar surface area (TPSA) is 38.1 Å². The average Bonchev–Trinajstić information content (AvgIpc) is 3.14. The number of fused-ring (bicyclic) bond motifs is 1. The fourth-order valence-electron chi connectivity index (χ4n) is 3.69. The van der Waals surface area contributed by atoms with Gasteiger partial charge in [0, 0.05) is 22.3 Å². The zero-order chi connectivity index (χ0) is 21.8. The number of amides is 1. The molecular weight excluding hydrogens is 450 g/mol. The maximum atomic E-state index is 13.4. The first kappa shape index (κ1) is 21.3. The Balaban J connectivity index is 1.75. The quantitative estimate of drug-likeness (QED) is 0.306. The molecule has 0 fully saturated rings. The fraction of sp³-hybridized carbons (Fsp3) is 0.231. The maximum absolute atomic E-state index is 13.4. The van der Waals surface area contributed by atoms with Gasteiger partial charge < -0.3 is 4.90 Å². The highest BCUT2D eigenvalue weighted by Gasteiger charge is 2.21. The molecule has 5 heteroatoms. The monoisotopic (exact) mass is 475 g/mol. The molecule has 0 radical (unpaired) electrons. The van der Waals surface area contributed by atoms with Crippen molar-refractivity contribution in [2.75, 3.05) is 6.54 Å². The van der Waals surface area contributed by atoms with Gasteiger partial charge in [0.15, 0.2) is 0 Å². The number of nitrogens with zero attached hydrogens (tertiary/aromatic N) is 3. The van der Waals surface area contributed by atoms with Crippen LogP contribution in [0.4, 0.5) is 0 Å². The van der Waals surface area contributed by atoms with E-state index in [-0.39, 0.29) is 5.91 Å². The predicted octanol–water partition coefficient (Wildman–Crippen LogP) is 6.48. The molecule has 0 saturated carbocycles. The molecule has 3 aromatic carbocycles. The van der Waals surface area contributed by atoms with E-state index in [1.165, 1.54) is 0 Å². The van der Waals surface area contributed by atoms with Gasteiger partial charge in [0.05, 0.1) is 17.6 Å². The third-order valence-electron chi connectivity index (χ3n) is 5.31. The Labute approximate surface area is 191 Å². The Morgan fingerprint density at radius 1 is 1.00 bits per heavy atom. The summed E-state index contributed by atoms with van der Waals surface area (Å²) < 4.78 is 3.06. The van der Waals surface area contributed by atoms with Gasteiger partial charge in [-0.3, -0.25) is 9.36 Å². The van der Waals surface area contributed by atoms with Gasteiger partial charge in [0.25, 0.3) is 5.91 Å². The van der Waals surface area contributed by atoms with Crippen molar-refractivity contribution in [3.63, 3.8) is 0 Å². The standard InChI is InChI=1S/C26H26BrN3O/c1-19(2)15-16-29(26(31)20-9-8-10-21(27)17-20)18-25-28-23-13-6-7-14-24(23)30(25)22-11-4-3-5-12-22/h3-14,17,19H,15-16,18H2,1-2H3. The van der Waals surface area contributed by atoms with E-state index in [0.29, 0.717) is 24.6 Å². The van der Waals surface area contributed by atoms with Gasteiger partial charge in [-0.15, -0.1) is 0 Å². The van der Waals surface area contributed by atoms with Crippen LogP contribution in [-0.4, -0.2) is 26.9 Å². The predicted molar refractivity (Wildman–Crippen MR) is 129 cm³/mol. The Morgan fingerprint density at radius 2 is 1.74 bits per heavy atom. The molecule has 158 valence electrons. The van der Waals surface area contributed by atoms with Crippen molar-refractivity contribution < 1.29 is 4.79 Å². The summed E-state index contributed by atoms with van der Waals surface area (Å²) in [6, 6.07) is 25.9. The zero-order valence-electron chi connectivity index (χ0n) is 17.8. The number of carbonyl (C=O) groups is 1. The molecule has 0 aliphatic carbocycles. The third-order valence-corrected chi connectivity index (χ3v) is 5.81. The molecule has 1 heterocycles. The molecule has 0 aliphatic rings. The molecule has 0 unspecified atom stereocenters. The fourth-order valence-corrected chi connectivity index (χ4v) is 4.09. The van der Waals surface area contributed by atoms with Crippen LogP contribution in [0.3, 0.4) is 0 Å². The van der Waals surface area contributed by atoms with Gasteiger partial charge in [-0.1, -0.05) is 66.2 Å². The first-order valence-electron chi connectivity index (χ1n) is 10.6. The molecule has 0 bridgehead atoms. The number of benzene rings is 3. The van der Waals surface area contributed by atoms with Gasteiger partial charge in [0.2, 0.25) is 0 Å². The lowest BCUT2D eigenvalue weighted by atomic mass is 10.1. The Bertz CT molecular complexity index is 1180. The molecule has 4 nitrogen and oxygen atoms in total. The molecular formula is C26H26BrN3O. The van der Waals surface area contributed by atoms with E-state index in [1.54, 1.807) is 0 Å². The Hall–Kier alpha value is -2.92. The van der Waals surface area contributed by atoms with E-state index in [4.69, 9.17) is 4.98 Å². The van der Waals surface area contributed by atoms with E-state index in [2.05, 4.69) is 52.5 Å². The minimum Gasteiger partial charge on any atom is -0.331 e. The van der Waals surface area contributed by atoms with Crippen LogP contribution < -0.4 is 0 Å². The molecule has 1 amide bonds. The van der Waals surface area contributed by atoms with E-state index in [1.807, 2.05) is 65.6 Å². The number of halogens is 1. The van der Waals surface area contributed by atoms with E-state index in [9.17, 15) is 4.79 Å². The highest BCUT2D eigenvalue weighted by Crippen LogP contribution is 2.24. The number of aromatic nitrogens is 2. The molecule has 31 heavy (non-hydrogen) atoms. The summed E-state index contributed by atoms with van der Waals surface area (Å²) in [7, 11) is 0. The van der Waals surface area contributed by atoms with Gasteiger partial charge in [-0.2, -0.15) is 0 Å². The first-order valence-corrected chi connectivity index (χ1v) is 11.4. The minimum absolute atomic E-state index is 0.0219. The summed E-state index contributed by atoms with van der Waals surface area (Å²) in [5, 5.41) is 0. The van der Waals surface area contributed by atoms with Crippen LogP contribution in [0.2, 0.25) is 0 Å². The number of hydrogen-bond acceptors (Lipinski definition) is 2. The lowest BCUT2D eigenvalue weighted by Gasteiger charge is -2.24. The molecule has 0 N–H and O–H groups in total. The van der Waals surface area contributed by atoms with Crippen LogP contribution in [0.1, 0.15) is 36.5 Å². The van der Waals surface area contributed by atoms with Crippen LogP contribution in [-0.2, 0) is 6.54 Å². The zero-order valence-corrected chi connectivity index (χ0v) is 19.4. The second kappa shape index (κ2) is 9.48. The minimum atomic E-state index is 0.0219. The molecule has 0 aliphatic heterocycles. The van der Waals surface area contributed by atoms with Gasteiger partial charge in [-0.05, 0) is 54.8 Å². The van der Waals surface area contributed by atoms with Gasteiger partial charge >= 0.3 is 0 Å². The Kier molecular flexibility index (Phi) is 6.52. The molecule has 4 aromatic rings. The van der Waals surface area contributed by atoms with Gasteiger partial charge in [0.1, 0.15) is 5.82 Å². The Morgan fingerprint density at radius 3 is 2.48 bits per heavy atom. The number of para-hydroxylation sites is 3. The molecule has 1 aromatic heterocycles. The highest BCUT2D eigenvalue weighted by atomic mass is 79.9. The lowest BCUT2D eigenvalue weighted by Crippen LogP contribution is -2.33. The second-order valence-electron chi connectivity index (χ2n) is 8.11. The van der Waals surface area contributed by atoms with E-state index in [0.717, 1.165) is 33.4 Å². The number of rotatable bonds is 7. The highest BCUT2D eigenvalue weighted by molar-refractivity contribution is 9.10. The normalized spacial score (nSPS) is 11.2. The van der Waals surface area contributed by atoms with Crippen molar-refractivity contribution in [3.8, 4) is 5.69 Å². The van der Waals surface area contributed by atoms with Crippen molar-refractivity contribution in [1.82, 2.24) is 14.5 Å². The molecule has 0 spiro atoms. The van der Waals surface area contributed by atoms with Crippen LogP contribution in [0, 0.1) is 5.92 Å². The molecule has 0 saturated heterocycles. The van der Waals surface area contributed by atoms with Crippen molar-refractivity contribution >= 4 is 32.9 Å². The summed E-state index contributed by atoms with van der Waals surface area (Å²) in [5.41, 5.74) is 3.70. The summed E-state index contributed by atoms with van der Waals surface area (Å²) in [6.07, 6.45) is 0.936. The number of carbonyl (C=O) groups excluding carboxylic acids is 1. The summed E-state index contributed by atoms with van der Waals surface area (Å²) in [6.45, 7) is 5.49. The molecule has 4 rings (SSSR count). The average molecular weight is 476 g/mol. The number of hydrogen-bond donors (Lipinski definition) is 0. The second-order valence-corrected chi connectivity index (χ2v) is 9.02.